The number of thioether (sulfide) groups is 1. The lowest BCUT2D eigenvalue weighted by molar-refractivity contribution is -0.387. The first kappa shape index (κ1) is 16.0. The van der Waals surface area contributed by atoms with E-state index in [0.29, 0.717) is 10.7 Å². The summed E-state index contributed by atoms with van der Waals surface area (Å²) in [6.45, 7) is 3.89. The summed E-state index contributed by atoms with van der Waals surface area (Å²) < 4.78 is 1.67. The third-order valence-corrected chi connectivity index (χ3v) is 3.82. The number of carbonyl (C=O) groups is 1. The highest BCUT2D eigenvalue weighted by Crippen LogP contribution is 2.28. The minimum atomic E-state index is -0.485. The molecule has 1 aromatic carbocycles. The quantitative estimate of drug-likeness (QED) is 0.518. The van der Waals surface area contributed by atoms with Crippen LogP contribution in [0.5, 0.6) is 0 Å². The molecule has 0 spiro atoms. The molecule has 0 aliphatic rings. The molecule has 0 aliphatic carbocycles. The van der Waals surface area contributed by atoms with E-state index in [2.05, 4.69) is 10.4 Å². The van der Waals surface area contributed by atoms with Crippen molar-refractivity contribution < 1.29 is 9.72 Å². The Kier molecular flexibility index (Phi) is 4.81. The van der Waals surface area contributed by atoms with Crippen LogP contribution in [0, 0.1) is 10.1 Å². The second kappa shape index (κ2) is 6.61. The molecular weight excluding hydrogens is 304 g/mol. The molecule has 8 heteroatoms. The molecule has 0 atom stereocenters. The fourth-order valence-corrected chi connectivity index (χ4v) is 2.53. The fourth-order valence-electron chi connectivity index (χ4n) is 1.99. The van der Waals surface area contributed by atoms with E-state index in [-0.39, 0.29) is 17.3 Å². The Hall–Kier alpha value is -2.35. The predicted octanol–water partition coefficient (Wildman–Crippen LogP) is 3.35. The summed E-state index contributed by atoms with van der Waals surface area (Å²) in [7, 11) is 0. The van der Waals surface area contributed by atoms with Crippen molar-refractivity contribution in [2.24, 2.45) is 0 Å². The predicted molar refractivity (Wildman–Crippen MR) is 85.4 cm³/mol. The number of nitro benzene ring substituents is 1. The van der Waals surface area contributed by atoms with Gasteiger partial charge in [0.2, 0.25) is 0 Å². The lowest BCUT2D eigenvalue weighted by atomic mass is 10.2. The van der Waals surface area contributed by atoms with Gasteiger partial charge in [-0.25, -0.2) is 4.68 Å². The second-order valence-electron chi connectivity index (χ2n) is 4.85. The van der Waals surface area contributed by atoms with Crippen molar-refractivity contribution in [2.75, 3.05) is 11.6 Å². The van der Waals surface area contributed by atoms with Crippen LogP contribution in [0.1, 0.15) is 30.2 Å². The van der Waals surface area contributed by atoms with Gasteiger partial charge in [0.1, 0.15) is 5.82 Å². The zero-order valence-corrected chi connectivity index (χ0v) is 13.3. The minimum absolute atomic E-state index is 0.0717. The van der Waals surface area contributed by atoms with Crippen LogP contribution >= 0.6 is 11.8 Å². The monoisotopic (exact) mass is 320 g/mol. The summed E-state index contributed by atoms with van der Waals surface area (Å²) >= 11 is 1.27. The Morgan fingerprint density at radius 3 is 2.73 bits per heavy atom. The molecule has 0 fully saturated rings. The summed E-state index contributed by atoms with van der Waals surface area (Å²) in [5.41, 5.74) is 0.165. The number of carbonyl (C=O) groups excluding carboxylic acids is 1. The molecule has 22 heavy (non-hydrogen) atoms. The molecule has 116 valence electrons. The first-order valence-corrected chi connectivity index (χ1v) is 7.83. The van der Waals surface area contributed by atoms with Gasteiger partial charge in [-0.2, -0.15) is 5.10 Å². The number of amides is 1. The highest BCUT2D eigenvalue weighted by Gasteiger charge is 2.18. The molecule has 1 N–H and O–H groups in total. The molecule has 0 aliphatic heterocycles. The maximum atomic E-state index is 12.3. The number of benzene rings is 1. The maximum Gasteiger partial charge on any atom is 0.283 e. The van der Waals surface area contributed by atoms with Crippen molar-refractivity contribution in [2.45, 2.75) is 24.8 Å². The van der Waals surface area contributed by atoms with Crippen LogP contribution in [0.2, 0.25) is 0 Å². The molecular formula is C14H16N4O3S. The Bertz CT molecular complexity index is 712. The molecule has 0 bridgehead atoms. The summed E-state index contributed by atoms with van der Waals surface area (Å²) in [5.74, 6) is 0.148. The van der Waals surface area contributed by atoms with Gasteiger partial charge in [-0.15, -0.1) is 11.8 Å². The zero-order valence-electron chi connectivity index (χ0n) is 12.4. The van der Waals surface area contributed by atoms with Crippen LogP contribution in [0.25, 0.3) is 0 Å². The summed E-state index contributed by atoms with van der Waals surface area (Å²) in [6, 6.07) is 6.22. The van der Waals surface area contributed by atoms with Gasteiger partial charge in [0.15, 0.2) is 0 Å². The van der Waals surface area contributed by atoms with Crippen molar-refractivity contribution >= 4 is 29.2 Å². The van der Waals surface area contributed by atoms with Crippen LogP contribution in [0.4, 0.5) is 11.5 Å². The van der Waals surface area contributed by atoms with Crippen LogP contribution < -0.4 is 5.32 Å². The molecule has 2 aromatic rings. The van der Waals surface area contributed by atoms with Gasteiger partial charge in [-0.1, -0.05) is 0 Å². The smallest absolute Gasteiger partial charge is 0.283 e. The van der Waals surface area contributed by atoms with Crippen LogP contribution in [0.3, 0.4) is 0 Å². The van der Waals surface area contributed by atoms with E-state index >= 15 is 0 Å². The number of nitrogens with zero attached hydrogens (tertiary/aromatic N) is 3. The Morgan fingerprint density at radius 1 is 1.41 bits per heavy atom. The van der Waals surface area contributed by atoms with E-state index < -0.39 is 10.8 Å². The van der Waals surface area contributed by atoms with Crippen molar-refractivity contribution in [1.82, 2.24) is 9.78 Å². The average molecular weight is 320 g/mol. The molecule has 1 heterocycles. The van der Waals surface area contributed by atoms with Gasteiger partial charge in [-0.3, -0.25) is 14.9 Å². The van der Waals surface area contributed by atoms with Crippen molar-refractivity contribution in [3.8, 4) is 0 Å². The Morgan fingerprint density at radius 2 is 2.14 bits per heavy atom. The fraction of sp³-hybridized carbons (Fsp3) is 0.286. The maximum absolute atomic E-state index is 12.3. The first-order chi connectivity index (χ1) is 10.4. The summed E-state index contributed by atoms with van der Waals surface area (Å²) in [6.07, 6.45) is 3.35. The molecule has 1 aromatic heterocycles. The normalized spacial score (nSPS) is 10.7. The number of hydrogen-bond donors (Lipinski definition) is 1. The zero-order chi connectivity index (χ0) is 16.3. The van der Waals surface area contributed by atoms with E-state index in [4.69, 9.17) is 0 Å². The lowest BCUT2D eigenvalue weighted by Gasteiger charge is -2.12. The summed E-state index contributed by atoms with van der Waals surface area (Å²) in [5, 5.41) is 17.9. The Balaban J connectivity index is 2.28. The van der Waals surface area contributed by atoms with Gasteiger partial charge < -0.3 is 5.32 Å². The van der Waals surface area contributed by atoms with Gasteiger partial charge in [0, 0.05) is 23.7 Å². The van der Waals surface area contributed by atoms with Crippen molar-refractivity contribution in [3.05, 3.63) is 46.1 Å². The lowest BCUT2D eigenvalue weighted by Crippen LogP contribution is -2.17. The van der Waals surface area contributed by atoms with E-state index in [9.17, 15) is 14.9 Å². The number of nitro groups is 1. The number of aromatic nitrogens is 2. The second-order valence-corrected chi connectivity index (χ2v) is 5.70. The Labute approximate surface area is 131 Å². The van der Waals surface area contributed by atoms with Crippen molar-refractivity contribution in [1.29, 1.82) is 0 Å². The number of nitrogens with one attached hydrogen (secondary N) is 1. The number of rotatable bonds is 5. The van der Waals surface area contributed by atoms with Crippen LogP contribution in [-0.4, -0.2) is 26.9 Å². The molecule has 0 unspecified atom stereocenters. The van der Waals surface area contributed by atoms with E-state index in [1.165, 1.54) is 17.8 Å². The van der Waals surface area contributed by atoms with E-state index in [1.807, 2.05) is 13.8 Å². The third kappa shape index (κ3) is 3.28. The molecule has 2 rings (SSSR count). The topological polar surface area (TPSA) is 90.1 Å². The first-order valence-electron chi connectivity index (χ1n) is 6.61. The van der Waals surface area contributed by atoms with Gasteiger partial charge in [0.25, 0.3) is 11.6 Å². The third-order valence-electron chi connectivity index (χ3n) is 3.04. The van der Waals surface area contributed by atoms with Gasteiger partial charge >= 0.3 is 0 Å². The highest BCUT2D eigenvalue weighted by molar-refractivity contribution is 7.98. The van der Waals surface area contributed by atoms with Gasteiger partial charge in [-0.05, 0) is 32.2 Å². The van der Waals surface area contributed by atoms with Crippen molar-refractivity contribution in [3.63, 3.8) is 0 Å². The number of anilines is 1. The number of hydrogen-bond acceptors (Lipinski definition) is 5. The van der Waals surface area contributed by atoms with E-state index in [0.717, 1.165) is 0 Å². The van der Waals surface area contributed by atoms with Crippen LogP contribution in [0.15, 0.2) is 35.4 Å². The molecule has 1 amide bonds. The van der Waals surface area contributed by atoms with Crippen LogP contribution in [-0.2, 0) is 0 Å². The average Bonchev–Trinajstić information content (AvgIpc) is 2.94. The molecule has 0 saturated heterocycles. The highest BCUT2D eigenvalue weighted by atomic mass is 32.2. The molecule has 0 saturated carbocycles. The van der Waals surface area contributed by atoms with Gasteiger partial charge in [0.05, 0.1) is 16.0 Å². The molecule has 7 nitrogen and oxygen atoms in total. The minimum Gasteiger partial charge on any atom is -0.307 e. The standard InChI is InChI=1S/C14H16N4O3S/c1-9(2)17-13(6-7-15-17)16-14(19)10-4-5-12(22-3)11(8-10)18(20)21/h4-9H,1-3H3,(H,16,19). The molecule has 0 radical (unpaired) electrons. The SMILES string of the molecule is CSc1ccc(C(=O)Nc2ccnn2C(C)C)cc1[N+](=O)[O-]. The summed E-state index contributed by atoms with van der Waals surface area (Å²) in [4.78, 5) is 23.4. The van der Waals surface area contributed by atoms with E-state index in [1.54, 1.807) is 35.3 Å². The largest absolute Gasteiger partial charge is 0.307 e.